The fraction of sp³-hybridized carbons (Fsp3) is 0.389. The molecule has 0 saturated carbocycles. The summed E-state index contributed by atoms with van der Waals surface area (Å²) in [5.41, 5.74) is 0.878. The SMILES string of the molecule is O=C(NC1CCOc2ccc(Br)cc21)c1sccc1S(=O)(=O)N1CCOCC1. The molecule has 150 valence electrons. The molecular formula is C18H19BrN2O5S2. The number of rotatable bonds is 4. The van der Waals surface area contributed by atoms with Crippen LogP contribution in [-0.2, 0) is 14.8 Å². The molecule has 1 fully saturated rings. The minimum Gasteiger partial charge on any atom is -0.493 e. The van der Waals surface area contributed by atoms with Crippen molar-refractivity contribution in [1.82, 2.24) is 9.62 Å². The van der Waals surface area contributed by atoms with Crippen molar-refractivity contribution in [3.05, 3.63) is 44.6 Å². The Labute approximate surface area is 175 Å². The number of hydrogen-bond acceptors (Lipinski definition) is 6. The topological polar surface area (TPSA) is 84.9 Å². The van der Waals surface area contributed by atoms with Crippen LogP contribution in [0.4, 0.5) is 0 Å². The third-order valence-corrected chi connectivity index (χ3v) is 8.22. The number of ether oxygens (including phenoxy) is 2. The highest BCUT2D eigenvalue weighted by Crippen LogP contribution is 2.35. The summed E-state index contributed by atoms with van der Waals surface area (Å²) >= 11 is 4.58. The zero-order valence-electron chi connectivity index (χ0n) is 14.9. The number of amides is 1. The lowest BCUT2D eigenvalue weighted by atomic mass is 10.0. The fourth-order valence-electron chi connectivity index (χ4n) is 3.33. The van der Waals surface area contributed by atoms with Gasteiger partial charge in [0.1, 0.15) is 15.5 Å². The molecule has 0 aliphatic carbocycles. The summed E-state index contributed by atoms with van der Waals surface area (Å²) in [4.78, 5) is 13.2. The summed E-state index contributed by atoms with van der Waals surface area (Å²) in [6.45, 7) is 1.79. The quantitative estimate of drug-likeness (QED) is 0.717. The maximum absolute atomic E-state index is 13.0. The summed E-state index contributed by atoms with van der Waals surface area (Å²) < 4.78 is 39.1. The van der Waals surface area contributed by atoms with E-state index >= 15 is 0 Å². The van der Waals surface area contributed by atoms with Crippen LogP contribution in [0.1, 0.15) is 27.7 Å². The highest BCUT2D eigenvalue weighted by atomic mass is 79.9. The zero-order valence-corrected chi connectivity index (χ0v) is 18.1. The minimum absolute atomic E-state index is 0.0541. The van der Waals surface area contributed by atoms with Crippen molar-refractivity contribution in [2.75, 3.05) is 32.9 Å². The third-order valence-electron chi connectivity index (χ3n) is 4.74. The summed E-state index contributed by atoms with van der Waals surface area (Å²) in [7, 11) is -3.73. The van der Waals surface area contributed by atoms with Crippen LogP contribution in [0.15, 0.2) is 39.0 Å². The average molecular weight is 487 g/mol. The Morgan fingerprint density at radius 2 is 2.00 bits per heavy atom. The third kappa shape index (κ3) is 3.84. The van der Waals surface area contributed by atoms with Gasteiger partial charge >= 0.3 is 0 Å². The highest BCUT2D eigenvalue weighted by Gasteiger charge is 2.32. The van der Waals surface area contributed by atoms with E-state index < -0.39 is 10.0 Å². The predicted molar refractivity (Wildman–Crippen MR) is 108 cm³/mol. The van der Waals surface area contributed by atoms with E-state index in [9.17, 15) is 13.2 Å². The van der Waals surface area contributed by atoms with E-state index in [1.807, 2.05) is 18.2 Å². The molecule has 2 aliphatic heterocycles. The molecule has 28 heavy (non-hydrogen) atoms. The van der Waals surface area contributed by atoms with Crippen molar-refractivity contribution in [2.45, 2.75) is 17.4 Å². The molecule has 10 heteroatoms. The van der Waals surface area contributed by atoms with E-state index in [1.54, 1.807) is 5.38 Å². The van der Waals surface area contributed by atoms with Crippen LogP contribution >= 0.6 is 27.3 Å². The van der Waals surface area contributed by atoms with E-state index in [-0.39, 0.29) is 21.7 Å². The lowest BCUT2D eigenvalue weighted by molar-refractivity contribution is 0.0730. The van der Waals surface area contributed by atoms with Crippen molar-refractivity contribution in [3.8, 4) is 5.75 Å². The Hall–Kier alpha value is -1.46. The molecule has 2 aliphatic rings. The molecule has 4 rings (SSSR count). The van der Waals surface area contributed by atoms with Gasteiger partial charge in [-0.25, -0.2) is 8.42 Å². The number of halogens is 1. The normalized spacial score (nSPS) is 20.2. The molecule has 1 atom stereocenters. The van der Waals surface area contributed by atoms with Crippen molar-refractivity contribution < 1.29 is 22.7 Å². The summed E-state index contributed by atoms with van der Waals surface area (Å²) in [6.07, 6.45) is 0.617. The van der Waals surface area contributed by atoms with E-state index in [2.05, 4.69) is 21.2 Å². The number of morpholine rings is 1. The first-order chi connectivity index (χ1) is 13.5. The van der Waals surface area contributed by atoms with Crippen LogP contribution in [0.5, 0.6) is 5.75 Å². The van der Waals surface area contributed by atoms with Gasteiger partial charge < -0.3 is 14.8 Å². The number of thiophene rings is 1. The molecule has 1 N–H and O–H groups in total. The monoisotopic (exact) mass is 486 g/mol. The first-order valence-electron chi connectivity index (χ1n) is 8.85. The van der Waals surface area contributed by atoms with Crippen LogP contribution in [-0.4, -0.2) is 51.5 Å². The first kappa shape index (κ1) is 19.8. The number of nitrogens with zero attached hydrogens (tertiary/aromatic N) is 1. The van der Waals surface area contributed by atoms with E-state index in [0.29, 0.717) is 39.3 Å². The molecule has 0 spiro atoms. The molecule has 1 unspecified atom stereocenters. The molecule has 1 saturated heterocycles. The first-order valence-corrected chi connectivity index (χ1v) is 12.0. The maximum atomic E-state index is 13.0. The van der Waals surface area contributed by atoms with Crippen molar-refractivity contribution in [1.29, 1.82) is 0 Å². The molecule has 1 aromatic carbocycles. The molecule has 3 heterocycles. The Morgan fingerprint density at radius 3 is 2.79 bits per heavy atom. The largest absolute Gasteiger partial charge is 0.493 e. The molecule has 1 aromatic heterocycles. The predicted octanol–water partition coefficient (Wildman–Crippen LogP) is 2.79. The van der Waals surface area contributed by atoms with Crippen LogP contribution in [0, 0.1) is 0 Å². The second kappa shape index (κ2) is 8.11. The number of carbonyl (C=O) groups excluding carboxylic acids is 1. The fourth-order valence-corrected chi connectivity index (χ4v) is 6.42. The van der Waals surface area contributed by atoms with Crippen molar-refractivity contribution in [3.63, 3.8) is 0 Å². The Balaban J connectivity index is 1.58. The Bertz CT molecular complexity index is 986. The van der Waals surface area contributed by atoms with E-state index in [4.69, 9.17) is 9.47 Å². The smallest absolute Gasteiger partial charge is 0.263 e. The molecule has 0 radical (unpaired) electrons. The van der Waals surface area contributed by atoms with Gasteiger partial charge in [-0.3, -0.25) is 4.79 Å². The second-order valence-corrected chi connectivity index (χ2v) is 10.2. The van der Waals surface area contributed by atoms with Crippen LogP contribution in [0.2, 0.25) is 0 Å². The second-order valence-electron chi connectivity index (χ2n) is 6.48. The number of benzene rings is 1. The average Bonchev–Trinajstić information content (AvgIpc) is 3.20. The van der Waals surface area contributed by atoms with Crippen LogP contribution < -0.4 is 10.1 Å². The van der Waals surface area contributed by atoms with Gasteiger partial charge in [-0.05, 0) is 29.6 Å². The lowest BCUT2D eigenvalue weighted by Crippen LogP contribution is -2.41. The van der Waals surface area contributed by atoms with E-state index in [1.165, 1.54) is 10.4 Å². The number of hydrogen-bond donors (Lipinski definition) is 1. The molecule has 1 amide bonds. The number of nitrogens with one attached hydrogen (secondary N) is 1. The number of fused-ring (bicyclic) bond motifs is 1. The minimum atomic E-state index is -3.73. The van der Waals surface area contributed by atoms with E-state index in [0.717, 1.165) is 27.1 Å². The molecular weight excluding hydrogens is 468 g/mol. The van der Waals surface area contributed by atoms with Gasteiger partial charge in [-0.2, -0.15) is 4.31 Å². The van der Waals surface area contributed by atoms with Gasteiger partial charge in [0.25, 0.3) is 5.91 Å². The lowest BCUT2D eigenvalue weighted by Gasteiger charge is -2.27. The van der Waals surface area contributed by atoms with Crippen LogP contribution in [0.3, 0.4) is 0 Å². The molecule has 2 aromatic rings. The number of sulfonamides is 1. The number of carbonyl (C=O) groups is 1. The van der Waals surface area contributed by atoms with Gasteiger partial charge in [-0.15, -0.1) is 11.3 Å². The van der Waals surface area contributed by atoms with Gasteiger partial charge in [0.15, 0.2) is 0 Å². The van der Waals surface area contributed by atoms with Gasteiger partial charge in [0.2, 0.25) is 10.0 Å². The summed E-state index contributed by atoms with van der Waals surface area (Å²) in [5, 5.41) is 4.62. The highest BCUT2D eigenvalue weighted by molar-refractivity contribution is 9.10. The zero-order chi connectivity index (χ0) is 19.7. The van der Waals surface area contributed by atoms with Crippen molar-refractivity contribution >= 4 is 43.2 Å². The Kier molecular flexibility index (Phi) is 5.75. The standard InChI is InChI=1S/C18H19BrN2O5S2/c19-12-1-2-15-13(11-12)14(3-7-26-15)20-18(22)17-16(4-10-27-17)28(23,24)21-5-8-25-9-6-21/h1-2,4,10-11,14H,3,5-9H2,(H,20,22). The van der Waals surface area contributed by atoms with Crippen molar-refractivity contribution in [2.24, 2.45) is 0 Å². The van der Waals surface area contributed by atoms with Gasteiger partial charge in [0, 0.05) is 29.5 Å². The molecule has 7 nitrogen and oxygen atoms in total. The van der Waals surface area contributed by atoms with Gasteiger partial charge in [0.05, 0.1) is 25.9 Å². The summed E-state index contributed by atoms with van der Waals surface area (Å²) in [6, 6.07) is 6.92. The van der Waals surface area contributed by atoms with Crippen LogP contribution in [0.25, 0.3) is 0 Å². The summed E-state index contributed by atoms with van der Waals surface area (Å²) in [5.74, 6) is 0.340. The van der Waals surface area contributed by atoms with Gasteiger partial charge in [-0.1, -0.05) is 15.9 Å². The Morgan fingerprint density at radius 1 is 1.21 bits per heavy atom. The molecule has 0 bridgehead atoms. The maximum Gasteiger partial charge on any atom is 0.263 e.